The second-order valence-corrected chi connectivity index (χ2v) is 13.7. The highest BCUT2D eigenvalue weighted by Crippen LogP contribution is 2.36. The molecule has 9 heteroatoms. The first-order chi connectivity index (χ1) is 19.3. The van der Waals surface area contributed by atoms with Crippen molar-refractivity contribution >= 4 is 33.1 Å². The molecule has 2 aromatic carbocycles. The topological polar surface area (TPSA) is 108 Å². The number of nitrogens with zero attached hydrogens (tertiary/aromatic N) is 1. The normalized spacial score (nSPS) is 21.3. The molecule has 1 spiro atoms. The summed E-state index contributed by atoms with van der Waals surface area (Å²) in [6.07, 6.45) is 14.3. The molecule has 40 heavy (non-hydrogen) atoms. The third-order valence-electron chi connectivity index (χ3n) is 8.47. The van der Waals surface area contributed by atoms with Crippen molar-refractivity contribution in [2.75, 3.05) is 6.54 Å². The fourth-order valence-corrected chi connectivity index (χ4v) is 7.90. The van der Waals surface area contributed by atoms with Crippen molar-refractivity contribution in [3.8, 4) is 0 Å². The van der Waals surface area contributed by atoms with Crippen LogP contribution in [0.15, 0.2) is 69.0 Å². The fourth-order valence-electron chi connectivity index (χ4n) is 6.10. The van der Waals surface area contributed by atoms with Crippen LogP contribution in [0.5, 0.6) is 0 Å². The van der Waals surface area contributed by atoms with Gasteiger partial charge in [-0.25, -0.2) is 8.42 Å². The van der Waals surface area contributed by atoms with Crippen molar-refractivity contribution in [1.29, 1.82) is 0 Å². The minimum absolute atomic E-state index is 0.0442. The zero-order valence-electron chi connectivity index (χ0n) is 22.8. The van der Waals surface area contributed by atoms with Crippen LogP contribution >= 0.6 is 11.6 Å². The summed E-state index contributed by atoms with van der Waals surface area (Å²) in [5.74, 6) is -0.0476. The van der Waals surface area contributed by atoms with Crippen LogP contribution in [0, 0.1) is 5.92 Å². The van der Waals surface area contributed by atoms with E-state index in [0.717, 1.165) is 24.2 Å². The van der Waals surface area contributed by atoms with Gasteiger partial charge in [-0.2, -0.15) is 0 Å². The van der Waals surface area contributed by atoms with Crippen LogP contribution < -0.4 is 10.6 Å². The van der Waals surface area contributed by atoms with Gasteiger partial charge in [0.15, 0.2) is 0 Å². The summed E-state index contributed by atoms with van der Waals surface area (Å²) in [5, 5.41) is 16.3. The van der Waals surface area contributed by atoms with Crippen LogP contribution in [-0.4, -0.2) is 37.2 Å². The number of aliphatic hydroxyl groups is 1. The van der Waals surface area contributed by atoms with Gasteiger partial charge in [0, 0.05) is 36.7 Å². The van der Waals surface area contributed by atoms with E-state index < -0.39 is 9.84 Å². The number of aliphatic imine (C=N–C) groups is 1. The van der Waals surface area contributed by atoms with E-state index in [-0.39, 0.29) is 45.3 Å². The van der Waals surface area contributed by atoms with Crippen LogP contribution in [0.3, 0.4) is 0 Å². The van der Waals surface area contributed by atoms with Gasteiger partial charge < -0.3 is 15.7 Å². The number of hydrogen-bond donors (Lipinski definition) is 3. The maximum Gasteiger partial charge on any atom is 0.269 e. The highest BCUT2D eigenvalue weighted by molar-refractivity contribution is 7.91. The lowest BCUT2D eigenvalue weighted by Gasteiger charge is -2.41. The molecule has 2 aliphatic heterocycles. The van der Waals surface area contributed by atoms with Crippen LogP contribution in [0.2, 0.25) is 5.02 Å². The Bertz CT molecular complexity index is 1390. The predicted molar refractivity (Wildman–Crippen MR) is 157 cm³/mol. The number of fused-ring (bicyclic) bond motifs is 1. The van der Waals surface area contributed by atoms with Gasteiger partial charge in [0.25, 0.3) is 5.91 Å². The third-order valence-corrected chi connectivity index (χ3v) is 10.7. The number of nitrogens with one attached hydrogen (secondary N) is 2. The molecule has 1 amide bonds. The van der Waals surface area contributed by atoms with E-state index in [0.29, 0.717) is 11.3 Å². The average Bonchev–Trinajstić information content (AvgIpc) is 3.39. The number of aliphatic hydroxyl groups excluding tert-OH is 1. The molecule has 1 aliphatic carbocycles. The first-order valence-electron chi connectivity index (χ1n) is 14.4. The van der Waals surface area contributed by atoms with Crippen LogP contribution in [0.25, 0.3) is 0 Å². The molecular weight excluding hydrogens is 546 g/mol. The van der Waals surface area contributed by atoms with Gasteiger partial charge in [0.1, 0.15) is 5.70 Å². The highest BCUT2D eigenvalue weighted by atomic mass is 35.5. The number of halogens is 1. The Morgan fingerprint density at radius 3 is 2.33 bits per heavy atom. The van der Waals surface area contributed by atoms with Crippen molar-refractivity contribution in [1.82, 2.24) is 10.6 Å². The maximum atomic E-state index is 13.1. The van der Waals surface area contributed by atoms with Gasteiger partial charge in [-0.1, -0.05) is 74.7 Å². The molecule has 1 unspecified atom stereocenters. The van der Waals surface area contributed by atoms with E-state index in [9.17, 15) is 18.3 Å². The van der Waals surface area contributed by atoms with Gasteiger partial charge in [0.05, 0.1) is 21.4 Å². The molecule has 7 nitrogen and oxygen atoms in total. The Morgan fingerprint density at radius 1 is 1.00 bits per heavy atom. The van der Waals surface area contributed by atoms with Gasteiger partial charge in [-0.05, 0) is 54.3 Å². The number of sulfone groups is 1. The van der Waals surface area contributed by atoms with E-state index >= 15 is 0 Å². The summed E-state index contributed by atoms with van der Waals surface area (Å²) in [5.41, 5.74) is 2.94. The predicted octanol–water partition coefficient (Wildman–Crippen LogP) is 5.49. The quantitative estimate of drug-likeness (QED) is 0.417. The minimum Gasteiger partial charge on any atom is -0.392 e. The lowest BCUT2D eigenvalue weighted by Crippen LogP contribution is -2.54. The van der Waals surface area contributed by atoms with Crippen molar-refractivity contribution in [2.24, 2.45) is 10.9 Å². The SMILES string of the molecule is O=C(NCc1ccc(S(=O)(=O)c2cc(CO)ccc2Cl)cc1)C1=CC2CNC3(CCCCCCCCC3)CC2=N1. The van der Waals surface area contributed by atoms with E-state index in [1.54, 1.807) is 18.2 Å². The summed E-state index contributed by atoms with van der Waals surface area (Å²) in [6, 6.07) is 10.8. The molecule has 5 rings (SSSR count). The van der Waals surface area contributed by atoms with Crippen molar-refractivity contribution in [3.05, 3.63) is 70.4 Å². The number of amides is 1. The first-order valence-corrected chi connectivity index (χ1v) is 16.2. The smallest absolute Gasteiger partial charge is 0.269 e. The molecule has 0 bridgehead atoms. The second-order valence-electron chi connectivity index (χ2n) is 11.3. The molecule has 2 fully saturated rings. The summed E-state index contributed by atoms with van der Waals surface area (Å²) in [7, 11) is -3.86. The van der Waals surface area contributed by atoms with Crippen molar-refractivity contribution in [3.63, 3.8) is 0 Å². The molecule has 3 aliphatic rings. The molecule has 2 heterocycles. The monoisotopic (exact) mass is 583 g/mol. The summed E-state index contributed by atoms with van der Waals surface area (Å²) in [4.78, 5) is 17.8. The largest absolute Gasteiger partial charge is 0.392 e. The number of hydrogen-bond acceptors (Lipinski definition) is 6. The molecule has 3 N–H and O–H groups in total. The van der Waals surface area contributed by atoms with Gasteiger partial charge in [-0.3, -0.25) is 9.79 Å². The molecule has 0 radical (unpaired) electrons. The van der Waals surface area contributed by atoms with E-state index in [1.165, 1.54) is 82.1 Å². The van der Waals surface area contributed by atoms with Crippen LogP contribution in [-0.2, 0) is 27.8 Å². The Kier molecular flexibility index (Phi) is 9.10. The number of benzene rings is 2. The fraction of sp³-hybridized carbons (Fsp3) is 0.484. The summed E-state index contributed by atoms with van der Waals surface area (Å²) in [6.45, 7) is 0.810. The Morgan fingerprint density at radius 2 is 1.65 bits per heavy atom. The van der Waals surface area contributed by atoms with Crippen molar-refractivity contribution in [2.45, 2.75) is 92.7 Å². The number of rotatable bonds is 6. The van der Waals surface area contributed by atoms with Crippen LogP contribution in [0.1, 0.15) is 75.3 Å². The Balaban J connectivity index is 1.20. The van der Waals surface area contributed by atoms with Crippen LogP contribution in [0.4, 0.5) is 0 Å². The van der Waals surface area contributed by atoms with Gasteiger partial charge >= 0.3 is 0 Å². The average molecular weight is 584 g/mol. The van der Waals surface area contributed by atoms with E-state index in [2.05, 4.69) is 10.6 Å². The third kappa shape index (κ3) is 6.51. The van der Waals surface area contributed by atoms with Gasteiger partial charge in [-0.15, -0.1) is 0 Å². The zero-order chi connectivity index (χ0) is 28.2. The number of carbonyl (C=O) groups is 1. The molecule has 1 saturated carbocycles. The molecule has 1 saturated heterocycles. The highest BCUT2D eigenvalue weighted by Gasteiger charge is 2.39. The lowest BCUT2D eigenvalue weighted by molar-refractivity contribution is -0.117. The number of carbonyl (C=O) groups excluding carboxylic acids is 1. The first kappa shape index (κ1) is 29.0. The standard InChI is InChI=1S/C31H38ClN3O4S/c32-26-13-10-23(21-36)16-29(26)40(38,39)25-11-8-22(9-12-25)19-33-30(37)27-17-24-20-34-31(18-28(24)35-27)14-6-4-2-1-3-5-7-15-31/h8-13,16-17,24,34,36H,1-7,14-15,18-21H2,(H,33,37). The lowest BCUT2D eigenvalue weighted by atomic mass is 9.76. The number of piperidine rings is 1. The maximum absolute atomic E-state index is 13.1. The van der Waals surface area contributed by atoms with Crippen molar-refractivity contribution < 1.29 is 18.3 Å². The van der Waals surface area contributed by atoms with E-state index in [4.69, 9.17) is 16.6 Å². The summed E-state index contributed by atoms with van der Waals surface area (Å²) < 4.78 is 26.2. The Hall–Kier alpha value is -2.52. The molecular formula is C31H38ClN3O4S. The van der Waals surface area contributed by atoms with E-state index in [1.807, 2.05) is 6.08 Å². The molecule has 0 aromatic heterocycles. The molecule has 2 aromatic rings. The Labute approximate surface area is 242 Å². The minimum atomic E-state index is -3.86. The summed E-state index contributed by atoms with van der Waals surface area (Å²) >= 11 is 6.15. The molecule has 214 valence electrons. The second kappa shape index (κ2) is 12.6. The zero-order valence-corrected chi connectivity index (χ0v) is 24.4. The molecule has 1 atom stereocenters. The van der Waals surface area contributed by atoms with Gasteiger partial charge in [0.2, 0.25) is 9.84 Å².